The van der Waals surface area contributed by atoms with Crippen LogP contribution >= 0.6 is 21.2 Å². The molecule has 1 aromatic carbocycles. The zero-order valence-corrected chi connectivity index (χ0v) is 47.6. The van der Waals surface area contributed by atoms with Gasteiger partial charge in [-0.1, -0.05) is 316 Å². The van der Waals surface area contributed by atoms with Crippen LogP contribution in [0.4, 0.5) is 0 Å². The molecule has 6 heteroatoms. The van der Waals surface area contributed by atoms with E-state index in [1.165, 1.54) is 270 Å². The molecule has 0 saturated heterocycles. The summed E-state index contributed by atoms with van der Waals surface area (Å²) < 4.78 is 50.5. The Kier molecular flexibility index (Phi) is 46.6. The first kappa shape index (κ1) is 63.7. The second-order valence-electron chi connectivity index (χ2n) is 21.0. The molecule has 0 atom stereocenters. The Morgan fingerprint density at radius 1 is 0.333 bits per heavy atom. The minimum Gasteiger partial charge on any atom is -0.282 e. The number of aryl methyl sites for hydroxylation is 2. The molecule has 0 radical (unpaired) electrons. The van der Waals surface area contributed by atoms with Gasteiger partial charge in [-0.2, -0.15) is 8.42 Å². The number of hydrogen-bond donors (Lipinski definition) is 1. The molecular weight excluding hydrogens is 944 g/mol. The van der Waals surface area contributed by atoms with Gasteiger partial charge >= 0.3 is 0 Å². The van der Waals surface area contributed by atoms with Crippen LogP contribution in [0.2, 0.25) is 0 Å². The third-order valence-electron chi connectivity index (χ3n) is 14.7. The molecule has 0 saturated carbocycles. The van der Waals surface area contributed by atoms with Crippen LogP contribution in [0.15, 0.2) is 11.0 Å². The van der Waals surface area contributed by atoms with E-state index in [1.807, 2.05) is 0 Å². The van der Waals surface area contributed by atoms with Gasteiger partial charge < -0.3 is 0 Å². The first-order chi connectivity index (χ1) is 32.4. The monoisotopic (exact) mass is 1060 g/mol. The van der Waals surface area contributed by atoms with E-state index in [2.05, 4.69) is 26.8 Å². The number of unbranched alkanes of at least 4 members (excludes halogenated alkanes) is 45. The molecule has 66 heavy (non-hydrogen) atoms. The van der Waals surface area contributed by atoms with Crippen LogP contribution in [-0.2, 0) is 32.4 Å². The summed E-state index contributed by atoms with van der Waals surface area (Å²) in [4.78, 5) is 0.0340. The van der Waals surface area contributed by atoms with E-state index in [0.29, 0.717) is 9.99 Å². The molecular formula is C60H113IO4S. The minimum atomic E-state index is -4.49. The molecule has 0 heterocycles. The third-order valence-corrected chi connectivity index (χ3v) is 17.7. The highest BCUT2D eigenvalue weighted by molar-refractivity contribution is 14.1. The molecule has 1 aromatic rings. The summed E-state index contributed by atoms with van der Waals surface area (Å²) in [6.45, 7) is 6.86. The Morgan fingerprint density at radius 3 is 0.773 bits per heavy atom. The van der Waals surface area contributed by atoms with Gasteiger partial charge in [-0.15, -0.1) is 0 Å². The van der Waals surface area contributed by atoms with Gasteiger partial charge in [-0.25, -0.2) is 0 Å². The molecule has 1 N–H and O–H groups in total. The van der Waals surface area contributed by atoms with Gasteiger partial charge in [0.25, 0.3) is 10.1 Å². The van der Waals surface area contributed by atoms with Crippen LogP contribution in [0.1, 0.15) is 346 Å². The van der Waals surface area contributed by atoms with Crippen molar-refractivity contribution in [2.75, 3.05) is 0 Å². The van der Waals surface area contributed by atoms with Crippen molar-refractivity contribution >= 4 is 31.3 Å². The van der Waals surface area contributed by atoms with E-state index in [9.17, 15) is 16.0 Å². The van der Waals surface area contributed by atoms with Crippen molar-refractivity contribution in [2.24, 2.45) is 0 Å². The highest BCUT2D eigenvalue weighted by Crippen LogP contribution is 2.35. The first-order valence-electron chi connectivity index (χ1n) is 29.8. The Bertz CT molecular complexity index is 1310. The van der Waals surface area contributed by atoms with Crippen molar-refractivity contribution < 1.29 is 16.0 Å². The van der Waals surface area contributed by atoms with Crippen LogP contribution in [-0.4, -0.2) is 13.0 Å². The molecule has 0 aliphatic rings. The fraction of sp³-hybridized carbons (Fsp3) is 0.900. The lowest BCUT2D eigenvalue weighted by Gasteiger charge is -2.19. The summed E-state index contributed by atoms with van der Waals surface area (Å²) in [5.41, 5.74) is 2.81. The van der Waals surface area contributed by atoms with E-state index >= 15 is 0 Å². The molecule has 1 rings (SSSR count). The Hall–Kier alpha value is -0.340. The summed E-state index contributed by atoms with van der Waals surface area (Å²) in [6.07, 6.45) is 65.6. The topological polar surface area (TPSA) is 71.4 Å². The lowest BCUT2D eigenvalue weighted by Crippen LogP contribution is -2.12. The van der Waals surface area contributed by atoms with Gasteiger partial charge in [-0.3, -0.25) is 7.62 Å². The van der Waals surface area contributed by atoms with Crippen molar-refractivity contribution in [3.8, 4) is 0 Å². The predicted octanol–water partition coefficient (Wildman–Crippen LogP) is 21.8. The molecule has 0 unspecified atom stereocenters. The van der Waals surface area contributed by atoms with Crippen LogP contribution in [0.3, 0.4) is 0 Å². The smallest absolute Gasteiger partial charge is 0.282 e. The first-order valence-corrected chi connectivity index (χ1v) is 33.2. The highest BCUT2D eigenvalue weighted by atomic mass is 127. The van der Waals surface area contributed by atoms with Crippen molar-refractivity contribution in [2.45, 2.75) is 353 Å². The molecule has 390 valence electrons. The summed E-state index contributed by atoms with van der Waals surface area (Å²) in [6, 6.07) is 2.24. The molecule has 4 nitrogen and oxygen atoms in total. The van der Waals surface area contributed by atoms with Gasteiger partial charge in [0.15, 0.2) is 21.2 Å². The number of rotatable bonds is 53. The molecule has 0 aliphatic carbocycles. The zero-order chi connectivity index (χ0) is 47.9. The molecule has 0 amide bonds. The van der Waals surface area contributed by atoms with Gasteiger partial charge in [0.2, 0.25) is 0 Å². The molecule has 0 spiro atoms. The van der Waals surface area contributed by atoms with Gasteiger partial charge in [0, 0.05) is 0 Å². The van der Waals surface area contributed by atoms with E-state index in [1.54, 1.807) is 0 Å². The van der Waals surface area contributed by atoms with E-state index in [4.69, 9.17) is 0 Å². The molecule has 0 aliphatic heterocycles. The maximum Gasteiger partial charge on any atom is 0.295 e. The Morgan fingerprint density at radius 2 is 0.545 bits per heavy atom. The van der Waals surface area contributed by atoms with E-state index in [0.717, 1.165) is 68.1 Å². The predicted molar refractivity (Wildman–Crippen MR) is 299 cm³/mol. The van der Waals surface area contributed by atoms with Crippen LogP contribution in [0.5, 0.6) is 0 Å². The highest BCUT2D eigenvalue weighted by Gasteiger charge is 2.26. The number of hydrogen-bond acceptors (Lipinski definition) is 3. The molecule has 0 bridgehead atoms. The van der Waals surface area contributed by atoms with Gasteiger partial charge in [-0.05, 0) is 55.2 Å². The van der Waals surface area contributed by atoms with Crippen molar-refractivity contribution in [3.63, 3.8) is 0 Å². The quantitative estimate of drug-likeness (QED) is 0.0401. The van der Waals surface area contributed by atoms with Crippen LogP contribution in [0.25, 0.3) is 0 Å². The second-order valence-corrected chi connectivity index (χ2v) is 23.9. The maximum absolute atomic E-state index is 13.2. The Labute approximate surface area is 424 Å². The Balaban J connectivity index is 2.64. The van der Waals surface area contributed by atoms with Gasteiger partial charge in [0.1, 0.15) is 4.90 Å². The summed E-state index contributed by atoms with van der Waals surface area (Å²) in [5, 5.41) is 0. The average molecular weight is 1060 g/mol. The van der Waals surface area contributed by atoms with Crippen LogP contribution in [0, 0.1) is 3.57 Å². The molecule has 0 fully saturated rings. The lowest BCUT2D eigenvalue weighted by atomic mass is 9.92. The van der Waals surface area contributed by atoms with E-state index < -0.39 is 31.3 Å². The number of halogens is 1. The zero-order valence-electron chi connectivity index (χ0n) is 44.6. The van der Waals surface area contributed by atoms with Crippen molar-refractivity contribution in [3.05, 3.63) is 26.3 Å². The van der Waals surface area contributed by atoms with Crippen LogP contribution < -0.4 is 0 Å². The minimum absolute atomic E-state index is 0.0340. The molecule has 0 aromatic heterocycles. The SMILES string of the molecule is CCCCCCCCCCCCCCCCCCc1cc(CCCCCCCCCCCCCCCCCC)c(I=O)c(S(=O)(=O)O)c1CCCCCCCCCCCCCCCCCC. The standard InChI is InChI=1S/C60H113IO4S/c1-4-7-10-13-16-19-22-25-28-31-34-37-40-43-46-49-52-56-55-57(53-50-47-44-41-38-35-32-29-26-23-20-17-14-11-8-5-2)59(61-62)60(66(63,64)65)58(56)54-51-48-45-42-39-36-33-30-27-24-21-18-15-12-9-6-3/h55H,4-54H2,1-3H3,(H,63,64,65). The van der Waals surface area contributed by atoms with E-state index in [-0.39, 0.29) is 4.90 Å². The summed E-state index contributed by atoms with van der Waals surface area (Å²) >= 11 is -1.74. The summed E-state index contributed by atoms with van der Waals surface area (Å²) in [5.74, 6) is 0. The van der Waals surface area contributed by atoms with Gasteiger partial charge in [0.05, 0.1) is 3.57 Å². The fourth-order valence-corrected chi connectivity index (χ4v) is 13.6. The lowest BCUT2D eigenvalue weighted by molar-refractivity contribution is 0.480. The van der Waals surface area contributed by atoms with Crippen molar-refractivity contribution in [1.29, 1.82) is 0 Å². The summed E-state index contributed by atoms with van der Waals surface area (Å²) in [7, 11) is -4.49. The van der Waals surface area contributed by atoms with Crippen molar-refractivity contribution in [1.82, 2.24) is 0 Å². The fourth-order valence-electron chi connectivity index (χ4n) is 10.4. The third kappa shape index (κ3) is 37.5. The normalized spacial score (nSPS) is 11.9. The number of benzene rings is 1. The average Bonchev–Trinajstić information content (AvgIpc) is 3.30. The second kappa shape index (κ2) is 48.3. The maximum atomic E-state index is 13.2. The largest absolute Gasteiger partial charge is 0.295 e.